The summed E-state index contributed by atoms with van der Waals surface area (Å²) in [7, 11) is 2.47. The van der Waals surface area contributed by atoms with Crippen LogP contribution in [0.2, 0.25) is 6.04 Å². The van der Waals surface area contributed by atoms with Crippen molar-refractivity contribution in [3.63, 3.8) is 0 Å². The molecular formula is C14H23NO3Si. The lowest BCUT2D eigenvalue weighted by molar-refractivity contribution is 0.123. The lowest BCUT2D eigenvalue weighted by Gasteiger charge is -2.23. The summed E-state index contributed by atoms with van der Waals surface area (Å²) >= 11 is 0. The Hall–Kier alpha value is -1.01. The molecule has 5 heteroatoms. The molecule has 4 nitrogen and oxygen atoms in total. The summed E-state index contributed by atoms with van der Waals surface area (Å²) in [6.07, 6.45) is 0.895. The monoisotopic (exact) mass is 281 g/mol. The summed E-state index contributed by atoms with van der Waals surface area (Å²) < 4.78 is 16.1. The van der Waals surface area contributed by atoms with Crippen molar-refractivity contribution in [2.24, 2.45) is 4.99 Å². The third-order valence-corrected chi connectivity index (χ3v) is 5.95. The van der Waals surface area contributed by atoms with Crippen LogP contribution < -0.4 is 0 Å². The van der Waals surface area contributed by atoms with E-state index in [0.29, 0.717) is 0 Å². The summed E-state index contributed by atoms with van der Waals surface area (Å²) in [5.41, 5.74) is 2.22. The van der Waals surface area contributed by atoms with Gasteiger partial charge in [-0.2, -0.15) is 0 Å². The molecule has 0 amide bonds. The summed E-state index contributed by atoms with van der Waals surface area (Å²) in [5.74, 6) is 0. The van der Waals surface area contributed by atoms with Crippen LogP contribution in [0.5, 0.6) is 0 Å². The van der Waals surface area contributed by atoms with Crippen molar-refractivity contribution in [2.45, 2.75) is 19.4 Å². The number of hydrogen-bond donors (Lipinski definition) is 0. The van der Waals surface area contributed by atoms with Crippen LogP contribution in [0, 0.1) is 0 Å². The van der Waals surface area contributed by atoms with Gasteiger partial charge < -0.3 is 13.3 Å². The van der Waals surface area contributed by atoms with Crippen molar-refractivity contribution in [1.82, 2.24) is 0 Å². The van der Waals surface area contributed by atoms with E-state index in [1.54, 1.807) is 21.3 Å². The number of hydrogen-bond acceptors (Lipinski definition) is 4. The second-order valence-corrected chi connectivity index (χ2v) is 7.32. The molecule has 0 unspecified atom stereocenters. The fourth-order valence-electron chi connectivity index (χ4n) is 1.87. The molecule has 0 saturated heterocycles. The zero-order chi connectivity index (χ0) is 14.1. The first-order valence-corrected chi connectivity index (χ1v) is 8.32. The predicted molar refractivity (Wildman–Crippen MR) is 79.7 cm³/mol. The van der Waals surface area contributed by atoms with Crippen LogP contribution in [0.25, 0.3) is 0 Å². The molecule has 0 radical (unpaired) electrons. The largest absolute Gasteiger partial charge is 0.500 e. The molecule has 0 bridgehead atoms. The summed E-state index contributed by atoms with van der Waals surface area (Å²) in [6, 6.07) is 11.0. The zero-order valence-corrected chi connectivity index (χ0v) is 13.2. The third-order valence-electron chi connectivity index (χ3n) is 3.11. The van der Waals surface area contributed by atoms with E-state index in [-0.39, 0.29) is 0 Å². The maximum Gasteiger partial charge on any atom is 0.500 e. The molecule has 0 aliphatic heterocycles. The van der Waals surface area contributed by atoms with Crippen LogP contribution in [0.1, 0.15) is 18.9 Å². The highest BCUT2D eigenvalue weighted by Crippen LogP contribution is 2.15. The topological polar surface area (TPSA) is 40.0 Å². The molecule has 1 rings (SSSR count). The smallest absolute Gasteiger partial charge is 0.377 e. The third kappa shape index (κ3) is 4.87. The lowest BCUT2D eigenvalue weighted by atomic mass is 10.1. The van der Waals surface area contributed by atoms with Gasteiger partial charge in [0.1, 0.15) is 0 Å². The molecule has 1 aromatic rings. The van der Waals surface area contributed by atoms with Gasteiger partial charge in [0.25, 0.3) is 0 Å². The van der Waals surface area contributed by atoms with Crippen molar-refractivity contribution >= 4 is 14.5 Å². The molecule has 0 N–H and O–H groups in total. The van der Waals surface area contributed by atoms with Crippen molar-refractivity contribution < 1.29 is 13.3 Å². The van der Waals surface area contributed by atoms with E-state index in [4.69, 9.17) is 13.3 Å². The first kappa shape index (κ1) is 16.0. The van der Waals surface area contributed by atoms with Gasteiger partial charge in [-0.05, 0) is 18.9 Å². The minimum absolute atomic E-state index is 0.756. The van der Waals surface area contributed by atoms with E-state index in [1.165, 1.54) is 0 Å². The molecule has 0 atom stereocenters. The van der Waals surface area contributed by atoms with Crippen LogP contribution in [0.15, 0.2) is 35.3 Å². The molecule has 0 aromatic heterocycles. The van der Waals surface area contributed by atoms with Gasteiger partial charge in [-0.25, -0.2) is 0 Å². The molecule has 0 heterocycles. The van der Waals surface area contributed by atoms with E-state index in [0.717, 1.165) is 30.3 Å². The van der Waals surface area contributed by atoms with Crippen molar-refractivity contribution in [3.05, 3.63) is 35.9 Å². The summed E-state index contributed by atoms with van der Waals surface area (Å²) in [4.78, 5) is 4.57. The summed E-state index contributed by atoms with van der Waals surface area (Å²) in [5, 5.41) is 0. The quantitative estimate of drug-likeness (QED) is 0.418. The molecule has 0 aliphatic rings. The second kappa shape index (κ2) is 8.22. The van der Waals surface area contributed by atoms with Gasteiger partial charge in [0.2, 0.25) is 0 Å². The van der Waals surface area contributed by atoms with Gasteiger partial charge in [0, 0.05) is 39.6 Å². The van der Waals surface area contributed by atoms with E-state index in [2.05, 4.69) is 17.1 Å². The SMILES string of the molecule is CO[Si](CCCN=C(C)c1ccccc1)(OC)OC. The van der Waals surface area contributed by atoms with Gasteiger partial charge in [0.15, 0.2) is 0 Å². The van der Waals surface area contributed by atoms with Crippen molar-refractivity contribution in [3.8, 4) is 0 Å². The fraction of sp³-hybridized carbons (Fsp3) is 0.500. The number of benzene rings is 1. The number of aliphatic imine (C=N–C) groups is 1. The molecule has 106 valence electrons. The molecule has 0 aliphatic carbocycles. The minimum Gasteiger partial charge on any atom is -0.377 e. The Kier molecular flexibility index (Phi) is 6.94. The molecule has 1 aromatic carbocycles. The molecule has 0 fully saturated rings. The average Bonchev–Trinajstić information content (AvgIpc) is 2.49. The van der Waals surface area contributed by atoms with E-state index < -0.39 is 8.80 Å². The van der Waals surface area contributed by atoms with E-state index in [1.807, 2.05) is 25.1 Å². The van der Waals surface area contributed by atoms with E-state index >= 15 is 0 Å². The first-order valence-electron chi connectivity index (χ1n) is 6.39. The fourth-order valence-corrected chi connectivity index (χ4v) is 3.57. The standard InChI is InChI=1S/C14H23NO3Si/c1-13(14-9-6-5-7-10-14)15-11-8-12-19(16-2,17-3)18-4/h5-7,9-10H,8,11-12H2,1-4H3. The van der Waals surface area contributed by atoms with Crippen LogP contribution in [0.4, 0.5) is 0 Å². The number of rotatable bonds is 8. The van der Waals surface area contributed by atoms with E-state index in [9.17, 15) is 0 Å². The maximum absolute atomic E-state index is 5.37. The highest BCUT2D eigenvalue weighted by molar-refractivity contribution is 6.60. The molecule has 19 heavy (non-hydrogen) atoms. The lowest BCUT2D eigenvalue weighted by Crippen LogP contribution is -2.42. The van der Waals surface area contributed by atoms with Gasteiger partial charge in [-0.15, -0.1) is 0 Å². The first-order chi connectivity index (χ1) is 9.17. The van der Waals surface area contributed by atoms with Crippen LogP contribution in [0.3, 0.4) is 0 Å². The molecule has 0 spiro atoms. The van der Waals surface area contributed by atoms with Gasteiger partial charge in [0.05, 0.1) is 0 Å². The Balaban J connectivity index is 2.46. The Morgan fingerprint density at radius 3 is 2.16 bits per heavy atom. The van der Waals surface area contributed by atoms with Gasteiger partial charge >= 0.3 is 8.80 Å². The van der Waals surface area contributed by atoms with Crippen molar-refractivity contribution in [2.75, 3.05) is 27.9 Å². The Labute approximate surface area is 116 Å². The summed E-state index contributed by atoms with van der Waals surface area (Å²) in [6.45, 7) is 2.79. The maximum atomic E-state index is 5.37. The Bertz CT molecular complexity index is 383. The van der Waals surface area contributed by atoms with Crippen LogP contribution in [-0.2, 0) is 13.3 Å². The van der Waals surface area contributed by atoms with Crippen molar-refractivity contribution in [1.29, 1.82) is 0 Å². The molecular weight excluding hydrogens is 258 g/mol. The number of nitrogens with zero attached hydrogens (tertiary/aromatic N) is 1. The zero-order valence-electron chi connectivity index (χ0n) is 12.2. The normalized spacial score (nSPS) is 12.7. The minimum atomic E-state index is -2.44. The molecule has 0 saturated carbocycles. The second-order valence-electron chi connectivity index (χ2n) is 4.23. The highest BCUT2D eigenvalue weighted by atomic mass is 28.4. The Morgan fingerprint density at radius 1 is 1.05 bits per heavy atom. The van der Waals surface area contributed by atoms with Gasteiger partial charge in [-0.1, -0.05) is 30.3 Å². The van der Waals surface area contributed by atoms with Crippen LogP contribution in [-0.4, -0.2) is 42.4 Å². The predicted octanol–water partition coefficient (Wildman–Crippen LogP) is 2.76. The average molecular weight is 281 g/mol. The Morgan fingerprint density at radius 2 is 1.63 bits per heavy atom. The van der Waals surface area contributed by atoms with Crippen LogP contribution >= 0.6 is 0 Å². The highest BCUT2D eigenvalue weighted by Gasteiger charge is 2.36. The van der Waals surface area contributed by atoms with Gasteiger partial charge in [-0.3, -0.25) is 4.99 Å².